The fourth-order valence-electron chi connectivity index (χ4n) is 0.793. The molecule has 1 heterocycles. The molecule has 0 radical (unpaired) electrons. The van der Waals surface area contributed by atoms with Crippen molar-refractivity contribution in [3.63, 3.8) is 0 Å². The Labute approximate surface area is 49.3 Å². The van der Waals surface area contributed by atoms with Gasteiger partial charge in [-0.15, -0.1) is 0 Å². The molecule has 0 aromatic rings. The van der Waals surface area contributed by atoms with Gasteiger partial charge in [-0.2, -0.15) is 0 Å². The second-order valence-electron chi connectivity index (χ2n) is 2.11. The average molecular weight is 110 g/mol. The van der Waals surface area contributed by atoms with Crippen LogP contribution >= 0.6 is 0 Å². The molecule has 8 heavy (non-hydrogen) atoms. The number of nitrogens with one attached hydrogen (secondary N) is 1. The summed E-state index contributed by atoms with van der Waals surface area (Å²) in [5, 5.41) is 7.23. The van der Waals surface area contributed by atoms with E-state index in [0.29, 0.717) is 0 Å². The second kappa shape index (κ2) is 1.99. The number of nitrogens with zero attached hydrogens (tertiary/aromatic N) is 1. The maximum Gasteiger partial charge on any atom is 0.0549 e. The Morgan fingerprint density at radius 1 is 1.75 bits per heavy atom. The van der Waals surface area contributed by atoms with Gasteiger partial charge in [0.05, 0.1) is 6.54 Å². The molecular weight excluding hydrogens is 100 g/mol. The summed E-state index contributed by atoms with van der Waals surface area (Å²) in [5.74, 6) is 0. The molecule has 0 aliphatic carbocycles. The highest BCUT2D eigenvalue weighted by Crippen LogP contribution is 1.98. The average Bonchev–Trinajstić information content (AvgIpc) is 1.64. The molecule has 0 bridgehead atoms. The summed E-state index contributed by atoms with van der Waals surface area (Å²) in [6.07, 6.45) is 4.86. The van der Waals surface area contributed by atoms with E-state index in [1.165, 1.54) is 0 Å². The topological polar surface area (TPSA) is 27.1 Å². The molecule has 0 fully saturated rings. The zero-order valence-corrected chi connectivity index (χ0v) is 5.02. The minimum Gasteiger partial charge on any atom is -0.375 e. The standard InChI is InChI=1S/C6H10N2/c1-8-4-2-3-6(7)5-8/h2,4,7H,3,5H2,1H3. The number of hydrogen-bond acceptors (Lipinski definition) is 2. The van der Waals surface area contributed by atoms with Crippen LogP contribution in [0.4, 0.5) is 0 Å². The molecule has 1 aliphatic heterocycles. The van der Waals surface area contributed by atoms with Gasteiger partial charge in [0.15, 0.2) is 0 Å². The summed E-state index contributed by atoms with van der Waals surface area (Å²) in [7, 11) is 1.98. The molecule has 0 saturated heterocycles. The first kappa shape index (κ1) is 5.35. The SMILES string of the molecule is CN1C=CCC(=N)C1. The third-order valence-corrected chi connectivity index (χ3v) is 1.16. The minimum atomic E-state index is 0.801. The minimum absolute atomic E-state index is 0.801. The Balaban J connectivity index is 2.54. The summed E-state index contributed by atoms with van der Waals surface area (Å²) in [6, 6.07) is 0. The predicted octanol–water partition coefficient (Wildman–Crippen LogP) is 0.855. The third-order valence-electron chi connectivity index (χ3n) is 1.16. The lowest BCUT2D eigenvalue weighted by molar-refractivity contribution is 0.511. The first-order valence-corrected chi connectivity index (χ1v) is 2.72. The van der Waals surface area contributed by atoms with Crippen LogP contribution in [0.15, 0.2) is 12.3 Å². The van der Waals surface area contributed by atoms with Crippen LogP contribution in [0.25, 0.3) is 0 Å². The Morgan fingerprint density at radius 3 is 2.88 bits per heavy atom. The molecule has 0 unspecified atom stereocenters. The summed E-state index contributed by atoms with van der Waals surface area (Å²) in [5.41, 5.74) is 0.801. The molecule has 2 nitrogen and oxygen atoms in total. The molecule has 0 aromatic carbocycles. The van der Waals surface area contributed by atoms with Crippen molar-refractivity contribution in [2.75, 3.05) is 13.6 Å². The Bertz CT molecular complexity index is 126. The third kappa shape index (κ3) is 1.09. The molecular formula is C6H10N2. The molecule has 0 atom stereocenters. The predicted molar refractivity (Wildman–Crippen MR) is 34.1 cm³/mol. The van der Waals surface area contributed by atoms with Crippen molar-refractivity contribution in [3.8, 4) is 0 Å². The number of hydrogen-bond donors (Lipinski definition) is 1. The summed E-state index contributed by atoms with van der Waals surface area (Å²) in [4.78, 5) is 2.01. The maximum atomic E-state index is 7.23. The highest BCUT2D eigenvalue weighted by Gasteiger charge is 2.01. The van der Waals surface area contributed by atoms with Crippen LogP contribution in [-0.4, -0.2) is 24.2 Å². The molecule has 1 aliphatic rings. The largest absolute Gasteiger partial charge is 0.375 e. The van der Waals surface area contributed by atoms with Crippen LogP contribution in [0.3, 0.4) is 0 Å². The van der Waals surface area contributed by atoms with Gasteiger partial charge in [0.2, 0.25) is 0 Å². The van der Waals surface area contributed by atoms with Crippen molar-refractivity contribution in [3.05, 3.63) is 12.3 Å². The van der Waals surface area contributed by atoms with Crippen LogP contribution in [-0.2, 0) is 0 Å². The van der Waals surface area contributed by atoms with Gasteiger partial charge < -0.3 is 10.3 Å². The molecule has 0 saturated carbocycles. The smallest absolute Gasteiger partial charge is 0.0549 e. The van der Waals surface area contributed by atoms with Gasteiger partial charge in [-0.1, -0.05) is 6.08 Å². The fourth-order valence-corrected chi connectivity index (χ4v) is 0.793. The molecule has 0 amide bonds. The van der Waals surface area contributed by atoms with Crippen molar-refractivity contribution in [2.45, 2.75) is 6.42 Å². The van der Waals surface area contributed by atoms with E-state index in [2.05, 4.69) is 0 Å². The van der Waals surface area contributed by atoms with E-state index in [9.17, 15) is 0 Å². The van der Waals surface area contributed by atoms with E-state index in [0.717, 1.165) is 18.7 Å². The van der Waals surface area contributed by atoms with Crippen LogP contribution in [0, 0.1) is 5.41 Å². The van der Waals surface area contributed by atoms with Crippen LogP contribution in [0.5, 0.6) is 0 Å². The molecule has 44 valence electrons. The molecule has 0 aromatic heterocycles. The normalized spacial score (nSPS) is 19.6. The van der Waals surface area contributed by atoms with E-state index < -0.39 is 0 Å². The molecule has 1 N–H and O–H groups in total. The fraction of sp³-hybridized carbons (Fsp3) is 0.500. The molecule has 1 rings (SSSR count). The Morgan fingerprint density at radius 2 is 2.50 bits per heavy atom. The summed E-state index contributed by atoms with van der Waals surface area (Å²) in [6.45, 7) is 0.802. The van der Waals surface area contributed by atoms with Gasteiger partial charge in [-0.3, -0.25) is 0 Å². The van der Waals surface area contributed by atoms with E-state index in [-0.39, 0.29) is 0 Å². The summed E-state index contributed by atoms with van der Waals surface area (Å²) < 4.78 is 0. The zero-order valence-electron chi connectivity index (χ0n) is 5.02. The van der Waals surface area contributed by atoms with E-state index in [1.807, 2.05) is 24.2 Å². The van der Waals surface area contributed by atoms with Gasteiger partial charge in [0.1, 0.15) is 0 Å². The van der Waals surface area contributed by atoms with Gasteiger partial charge in [-0.05, 0) is 6.20 Å². The van der Waals surface area contributed by atoms with Crippen LogP contribution in [0.2, 0.25) is 0 Å². The number of rotatable bonds is 0. The van der Waals surface area contributed by atoms with Crippen molar-refractivity contribution in [1.29, 1.82) is 5.41 Å². The van der Waals surface area contributed by atoms with Crippen molar-refractivity contribution in [2.24, 2.45) is 0 Å². The van der Waals surface area contributed by atoms with E-state index in [4.69, 9.17) is 5.41 Å². The van der Waals surface area contributed by atoms with E-state index in [1.54, 1.807) is 0 Å². The lowest BCUT2D eigenvalue weighted by atomic mass is 10.2. The second-order valence-corrected chi connectivity index (χ2v) is 2.11. The highest BCUT2D eigenvalue weighted by atomic mass is 15.1. The van der Waals surface area contributed by atoms with Crippen molar-refractivity contribution in [1.82, 2.24) is 4.90 Å². The first-order chi connectivity index (χ1) is 3.79. The van der Waals surface area contributed by atoms with Gasteiger partial charge in [0.25, 0.3) is 0 Å². The van der Waals surface area contributed by atoms with Gasteiger partial charge in [-0.25, -0.2) is 0 Å². The highest BCUT2D eigenvalue weighted by molar-refractivity contribution is 5.85. The Kier molecular flexibility index (Phi) is 1.33. The quantitative estimate of drug-likeness (QED) is 0.492. The first-order valence-electron chi connectivity index (χ1n) is 2.72. The maximum absolute atomic E-state index is 7.23. The van der Waals surface area contributed by atoms with Crippen LogP contribution in [0.1, 0.15) is 6.42 Å². The lowest BCUT2D eigenvalue weighted by Crippen LogP contribution is -2.23. The van der Waals surface area contributed by atoms with Gasteiger partial charge in [0, 0.05) is 19.2 Å². The lowest BCUT2D eigenvalue weighted by Gasteiger charge is -2.17. The summed E-state index contributed by atoms with van der Waals surface area (Å²) >= 11 is 0. The molecule has 2 heteroatoms. The van der Waals surface area contributed by atoms with Gasteiger partial charge >= 0.3 is 0 Å². The van der Waals surface area contributed by atoms with E-state index >= 15 is 0 Å². The van der Waals surface area contributed by atoms with Crippen LogP contribution < -0.4 is 0 Å². The van der Waals surface area contributed by atoms with Crippen molar-refractivity contribution < 1.29 is 0 Å². The Hall–Kier alpha value is -0.790. The zero-order chi connectivity index (χ0) is 5.98. The monoisotopic (exact) mass is 110 g/mol. The molecule has 0 spiro atoms. The van der Waals surface area contributed by atoms with Crippen molar-refractivity contribution >= 4 is 5.71 Å². The number of allylic oxidation sites excluding steroid dienone is 1.